The number of halogens is 1. The number of fused-ring (bicyclic) bond motifs is 2. The van der Waals surface area contributed by atoms with E-state index in [-0.39, 0.29) is 10.8 Å². The quantitative estimate of drug-likeness (QED) is 0.239. The molecule has 0 fully saturated rings. The molecular formula is C31H46FO2P. The summed E-state index contributed by atoms with van der Waals surface area (Å²) in [5.74, 6) is 1.19. The van der Waals surface area contributed by atoms with Crippen LogP contribution in [0.25, 0.3) is 0 Å². The van der Waals surface area contributed by atoms with Gasteiger partial charge in [0, 0.05) is 16.5 Å². The Morgan fingerprint density at radius 2 is 1.11 bits per heavy atom. The molecule has 3 rings (SSSR count). The number of benzene rings is 2. The van der Waals surface area contributed by atoms with Gasteiger partial charge in [0.15, 0.2) is 0 Å². The van der Waals surface area contributed by atoms with Crippen molar-refractivity contribution in [3.63, 3.8) is 0 Å². The summed E-state index contributed by atoms with van der Waals surface area (Å²) in [6.45, 7) is 18.2. The van der Waals surface area contributed by atoms with Gasteiger partial charge in [-0.15, -0.1) is 4.20 Å². The number of hydrogen-bond acceptors (Lipinski definition) is 2. The molecule has 0 amide bonds. The Bertz CT molecular complexity index is 918. The van der Waals surface area contributed by atoms with E-state index in [1.807, 2.05) is 12.1 Å². The first-order valence-electron chi connectivity index (χ1n) is 13.5. The molecular weight excluding hydrogens is 454 g/mol. The predicted octanol–water partition coefficient (Wildman–Crippen LogP) is 10.7. The molecule has 35 heavy (non-hydrogen) atoms. The van der Waals surface area contributed by atoms with Crippen molar-refractivity contribution in [2.24, 2.45) is 0 Å². The minimum Gasteiger partial charge on any atom is -0.414 e. The molecule has 2 aromatic rings. The van der Waals surface area contributed by atoms with Crippen LogP contribution >= 0.6 is 8.69 Å². The molecule has 2 aromatic carbocycles. The van der Waals surface area contributed by atoms with E-state index in [1.54, 1.807) is 0 Å². The Hall–Kier alpha value is -1.60. The lowest BCUT2D eigenvalue weighted by Crippen LogP contribution is -2.26. The molecule has 0 atom stereocenters. The third-order valence-corrected chi connectivity index (χ3v) is 8.70. The van der Waals surface area contributed by atoms with E-state index >= 15 is 0 Å². The van der Waals surface area contributed by atoms with Gasteiger partial charge in [0.2, 0.25) is 0 Å². The molecule has 0 unspecified atom stereocenters. The third-order valence-electron chi connectivity index (χ3n) is 8.02. The summed E-state index contributed by atoms with van der Waals surface area (Å²) in [5.41, 5.74) is 4.34. The summed E-state index contributed by atoms with van der Waals surface area (Å²) in [7, 11) is -2.55. The van der Waals surface area contributed by atoms with Crippen molar-refractivity contribution in [2.75, 3.05) is 0 Å². The van der Waals surface area contributed by atoms with Crippen molar-refractivity contribution >= 4 is 8.69 Å². The summed E-state index contributed by atoms with van der Waals surface area (Å²) < 4.78 is 26.4. The zero-order valence-electron chi connectivity index (χ0n) is 23.3. The van der Waals surface area contributed by atoms with Crippen LogP contribution in [0, 0.1) is 0 Å². The Morgan fingerprint density at radius 1 is 0.714 bits per heavy atom. The molecule has 0 saturated carbocycles. The van der Waals surface area contributed by atoms with E-state index in [4.69, 9.17) is 9.05 Å². The SMILES string of the molecule is CCCCCC(C)(C)c1ccc2c(c1)C(C)(C)c1cc(C(C)(C)CCCCC)ccc1OP(F)O2. The molecule has 0 spiro atoms. The minimum atomic E-state index is -2.55. The van der Waals surface area contributed by atoms with Crippen LogP contribution in [0.4, 0.5) is 4.20 Å². The topological polar surface area (TPSA) is 18.5 Å². The van der Waals surface area contributed by atoms with E-state index in [0.717, 1.165) is 24.0 Å². The first kappa shape index (κ1) is 28.0. The first-order valence-corrected chi connectivity index (χ1v) is 14.6. The van der Waals surface area contributed by atoms with Crippen LogP contribution in [0.3, 0.4) is 0 Å². The van der Waals surface area contributed by atoms with Gasteiger partial charge in [-0.05, 0) is 46.9 Å². The molecule has 0 aromatic heterocycles. The summed E-state index contributed by atoms with van der Waals surface area (Å²) in [5, 5.41) is 0. The summed E-state index contributed by atoms with van der Waals surface area (Å²) in [4.78, 5) is 0. The molecule has 1 aliphatic heterocycles. The molecule has 1 aliphatic rings. The first-order chi connectivity index (χ1) is 16.4. The number of rotatable bonds is 10. The van der Waals surface area contributed by atoms with E-state index in [9.17, 15) is 4.20 Å². The van der Waals surface area contributed by atoms with E-state index < -0.39 is 14.1 Å². The van der Waals surface area contributed by atoms with Crippen LogP contribution in [0.5, 0.6) is 11.5 Å². The van der Waals surface area contributed by atoms with Crippen molar-refractivity contribution in [3.05, 3.63) is 58.7 Å². The van der Waals surface area contributed by atoms with Gasteiger partial charge in [0.1, 0.15) is 11.5 Å². The second-order valence-electron chi connectivity index (χ2n) is 12.1. The van der Waals surface area contributed by atoms with Gasteiger partial charge in [-0.2, -0.15) is 0 Å². The van der Waals surface area contributed by atoms with Gasteiger partial charge in [0.25, 0.3) is 0 Å². The van der Waals surface area contributed by atoms with Gasteiger partial charge < -0.3 is 9.05 Å². The summed E-state index contributed by atoms with van der Waals surface area (Å²) in [6, 6.07) is 12.7. The molecule has 1 heterocycles. The fourth-order valence-corrected chi connectivity index (χ4v) is 5.94. The zero-order valence-corrected chi connectivity index (χ0v) is 24.2. The maximum atomic E-state index is 14.9. The fraction of sp³-hybridized carbons (Fsp3) is 0.613. The smallest absolute Gasteiger partial charge is 0.414 e. The second-order valence-corrected chi connectivity index (χ2v) is 12.9. The maximum absolute atomic E-state index is 14.9. The lowest BCUT2D eigenvalue weighted by Gasteiger charge is -2.36. The van der Waals surface area contributed by atoms with Crippen molar-refractivity contribution in [2.45, 2.75) is 123 Å². The largest absolute Gasteiger partial charge is 0.505 e. The van der Waals surface area contributed by atoms with Crippen LogP contribution < -0.4 is 9.05 Å². The van der Waals surface area contributed by atoms with Crippen LogP contribution in [-0.2, 0) is 16.2 Å². The molecule has 194 valence electrons. The molecule has 0 N–H and O–H groups in total. The van der Waals surface area contributed by atoms with Crippen molar-refractivity contribution in [3.8, 4) is 11.5 Å². The molecule has 0 radical (unpaired) electrons. The molecule has 2 nitrogen and oxygen atoms in total. The highest BCUT2D eigenvalue weighted by atomic mass is 31.2. The lowest BCUT2D eigenvalue weighted by molar-refractivity contribution is 0.406. The highest BCUT2D eigenvalue weighted by Gasteiger charge is 2.37. The van der Waals surface area contributed by atoms with Crippen LogP contribution in [-0.4, -0.2) is 0 Å². The normalized spacial score (nSPS) is 15.9. The molecule has 4 heteroatoms. The van der Waals surface area contributed by atoms with Crippen LogP contribution in [0.2, 0.25) is 0 Å². The molecule has 0 aliphatic carbocycles. The highest BCUT2D eigenvalue weighted by molar-refractivity contribution is 7.42. The van der Waals surface area contributed by atoms with Gasteiger partial charge in [-0.3, -0.25) is 0 Å². The summed E-state index contributed by atoms with van der Waals surface area (Å²) in [6.07, 6.45) is 9.61. The Balaban J connectivity index is 2.07. The standard InChI is InChI=1S/C31H46FO2P/c1-9-11-13-19-29(3,4)23-15-17-27-25(21-23)31(7,8)26-22-24(30(5,6)20-14-12-10-2)16-18-28(26)34-35(32)33-27/h15-18,21-22H,9-14,19-20H2,1-8H3. The molecule has 0 saturated heterocycles. The molecule has 0 bridgehead atoms. The Morgan fingerprint density at radius 3 is 1.49 bits per heavy atom. The fourth-order valence-electron chi connectivity index (χ4n) is 5.28. The van der Waals surface area contributed by atoms with E-state index in [2.05, 4.69) is 79.7 Å². The van der Waals surface area contributed by atoms with Crippen molar-refractivity contribution < 1.29 is 13.2 Å². The van der Waals surface area contributed by atoms with Crippen molar-refractivity contribution in [1.82, 2.24) is 0 Å². The zero-order chi connectivity index (χ0) is 25.9. The van der Waals surface area contributed by atoms with Crippen LogP contribution in [0.1, 0.15) is 129 Å². The van der Waals surface area contributed by atoms with E-state index in [0.29, 0.717) is 11.5 Å². The lowest BCUT2D eigenvalue weighted by atomic mass is 9.71. The van der Waals surface area contributed by atoms with Gasteiger partial charge in [0.05, 0.1) is 0 Å². The van der Waals surface area contributed by atoms with Gasteiger partial charge >= 0.3 is 8.69 Å². The average molecular weight is 501 g/mol. The Kier molecular flexibility index (Phi) is 8.96. The second kappa shape index (κ2) is 11.2. The van der Waals surface area contributed by atoms with Crippen LogP contribution in [0.15, 0.2) is 36.4 Å². The average Bonchev–Trinajstić information content (AvgIpc) is 2.78. The van der Waals surface area contributed by atoms with Gasteiger partial charge in [-0.25, -0.2) is 0 Å². The van der Waals surface area contributed by atoms with E-state index in [1.165, 1.54) is 49.7 Å². The number of hydrogen-bond donors (Lipinski definition) is 0. The summed E-state index contributed by atoms with van der Waals surface area (Å²) >= 11 is 0. The van der Waals surface area contributed by atoms with Crippen molar-refractivity contribution in [1.29, 1.82) is 0 Å². The third kappa shape index (κ3) is 6.40. The highest BCUT2D eigenvalue weighted by Crippen LogP contribution is 2.53. The number of unbranched alkanes of at least 4 members (excludes halogenated alkanes) is 4. The minimum absolute atomic E-state index is 0.0472. The maximum Gasteiger partial charge on any atom is 0.505 e. The monoisotopic (exact) mass is 500 g/mol. The Labute approximate surface area is 215 Å². The van der Waals surface area contributed by atoms with Gasteiger partial charge in [-0.1, -0.05) is 118 Å². The predicted molar refractivity (Wildman–Crippen MR) is 149 cm³/mol.